The monoisotopic (exact) mass is 290 g/mol. The van der Waals surface area contributed by atoms with Crippen LogP contribution >= 0.6 is 11.6 Å². The maximum Gasteiger partial charge on any atom is 0.216 e. The summed E-state index contributed by atoms with van der Waals surface area (Å²) in [5, 5.41) is 17.0. The van der Waals surface area contributed by atoms with E-state index < -0.39 is 0 Å². The molecule has 0 bridgehead atoms. The molecule has 1 aromatic carbocycles. The van der Waals surface area contributed by atoms with Gasteiger partial charge in [-0.15, -0.1) is 0 Å². The maximum atomic E-state index is 8.91. The molecule has 2 aromatic rings. The molecule has 0 aliphatic heterocycles. The first kappa shape index (κ1) is 14.2. The normalized spacial score (nSPS) is 10.2. The van der Waals surface area contributed by atoms with Gasteiger partial charge < -0.3 is 10.1 Å². The van der Waals surface area contributed by atoms with Crippen LogP contribution in [0.5, 0.6) is 5.88 Å². The zero-order valence-corrected chi connectivity index (χ0v) is 12.3. The summed E-state index contributed by atoms with van der Waals surface area (Å²) in [5.74, 6) is 0.711. The second-order valence-electron chi connectivity index (χ2n) is 4.36. The molecule has 0 saturated carbocycles. The van der Waals surface area contributed by atoms with Crippen LogP contribution in [-0.4, -0.2) is 16.9 Å². The molecule has 0 aliphatic carbocycles. The lowest BCUT2D eigenvalue weighted by molar-refractivity contribution is 0.370. The van der Waals surface area contributed by atoms with Gasteiger partial charge in [-0.2, -0.15) is 10.4 Å². The molecule has 1 N–H and O–H groups in total. The summed E-state index contributed by atoms with van der Waals surface area (Å²) in [6.45, 7) is 2.45. The highest BCUT2D eigenvalue weighted by atomic mass is 35.5. The van der Waals surface area contributed by atoms with E-state index in [4.69, 9.17) is 21.6 Å². The quantitative estimate of drug-likeness (QED) is 0.940. The Bertz CT molecular complexity index is 673. The number of aryl methyl sites for hydroxylation is 2. The smallest absolute Gasteiger partial charge is 0.216 e. The third-order valence-electron chi connectivity index (χ3n) is 3.03. The molecule has 0 radical (unpaired) electrons. The molecule has 2 rings (SSSR count). The van der Waals surface area contributed by atoms with Gasteiger partial charge in [0, 0.05) is 13.6 Å². The van der Waals surface area contributed by atoms with Crippen LogP contribution in [0.2, 0.25) is 5.02 Å². The number of nitrogens with zero attached hydrogens (tertiary/aromatic N) is 3. The molecule has 1 heterocycles. The van der Waals surface area contributed by atoms with Crippen molar-refractivity contribution in [2.24, 2.45) is 7.05 Å². The second-order valence-corrected chi connectivity index (χ2v) is 4.76. The van der Waals surface area contributed by atoms with Crippen molar-refractivity contribution in [3.05, 3.63) is 40.0 Å². The number of nitriles is 1. The summed E-state index contributed by atoms with van der Waals surface area (Å²) < 4.78 is 7.03. The van der Waals surface area contributed by atoms with E-state index in [1.165, 1.54) is 0 Å². The molecule has 20 heavy (non-hydrogen) atoms. The van der Waals surface area contributed by atoms with Crippen molar-refractivity contribution in [2.75, 3.05) is 12.4 Å². The Hall–Kier alpha value is -2.19. The predicted molar refractivity (Wildman–Crippen MR) is 78.0 cm³/mol. The van der Waals surface area contributed by atoms with Gasteiger partial charge in [0.1, 0.15) is 0 Å². The Labute approximate surface area is 122 Å². The van der Waals surface area contributed by atoms with E-state index in [0.29, 0.717) is 23.0 Å². The first-order valence-electron chi connectivity index (χ1n) is 6.06. The molecule has 1 aromatic heterocycles. The van der Waals surface area contributed by atoms with Crippen molar-refractivity contribution in [1.29, 1.82) is 5.26 Å². The lowest BCUT2D eigenvalue weighted by Gasteiger charge is -2.10. The lowest BCUT2D eigenvalue weighted by atomic mass is 10.2. The van der Waals surface area contributed by atoms with E-state index in [2.05, 4.69) is 16.5 Å². The number of hydrogen-bond donors (Lipinski definition) is 1. The van der Waals surface area contributed by atoms with Crippen LogP contribution in [0.4, 0.5) is 5.69 Å². The van der Waals surface area contributed by atoms with Gasteiger partial charge in [-0.3, -0.25) is 0 Å². The zero-order valence-electron chi connectivity index (χ0n) is 11.6. The summed E-state index contributed by atoms with van der Waals surface area (Å²) in [6, 6.07) is 7.20. The summed E-state index contributed by atoms with van der Waals surface area (Å²) in [6.07, 6.45) is 0. The van der Waals surface area contributed by atoms with Gasteiger partial charge in [0.25, 0.3) is 0 Å². The molecule has 0 aliphatic rings. The van der Waals surface area contributed by atoms with E-state index in [-0.39, 0.29) is 0 Å². The molecule has 0 unspecified atom stereocenters. The molecule has 0 amide bonds. The lowest BCUT2D eigenvalue weighted by Crippen LogP contribution is -2.03. The molecule has 0 atom stereocenters. The summed E-state index contributed by atoms with van der Waals surface area (Å²) in [5.41, 5.74) is 3.14. The topological polar surface area (TPSA) is 62.9 Å². The number of halogens is 1. The number of nitrogens with one attached hydrogen (secondary N) is 1. The van der Waals surface area contributed by atoms with Crippen LogP contribution in [0.3, 0.4) is 0 Å². The zero-order chi connectivity index (χ0) is 14.7. The Morgan fingerprint density at radius 2 is 2.25 bits per heavy atom. The van der Waals surface area contributed by atoms with E-state index >= 15 is 0 Å². The molecule has 0 saturated heterocycles. The number of methoxy groups -OCH3 is 1. The van der Waals surface area contributed by atoms with Gasteiger partial charge in [0.15, 0.2) is 0 Å². The van der Waals surface area contributed by atoms with E-state index in [1.54, 1.807) is 30.0 Å². The molecule has 0 spiro atoms. The SMILES string of the molecule is COc1c(CNc2cc(C#N)ccc2Cl)c(C)nn1C. The van der Waals surface area contributed by atoms with E-state index in [9.17, 15) is 0 Å². The fourth-order valence-electron chi connectivity index (χ4n) is 2.05. The highest BCUT2D eigenvalue weighted by molar-refractivity contribution is 6.33. The van der Waals surface area contributed by atoms with Crippen LogP contribution in [0, 0.1) is 18.3 Å². The number of aromatic nitrogens is 2. The Balaban J connectivity index is 2.23. The highest BCUT2D eigenvalue weighted by Crippen LogP contribution is 2.26. The first-order chi connectivity index (χ1) is 9.56. The van der Waals surface area contributed by atoms with Gasteiger partial charge in [-0.1, -0.05) is 11.6 Å². The van der Waals surface area contributed by atoms with E-state index in [1.807, 2.05) is 14.0 Å². The second kappa shape index (κ2) is 5.85. The summed E-state index contributed by atoms with van der Waals surface area (Å²) in [7, 11) is 3.45. The molecular formula is C14H15ClN4O. The molecule has 0 fully saturated rings. The fraction of sp³-hybridized carbons (Fsp3) is 0.286. The standard InChI is InChI=1S/C14H15ClN4O/c1-9-11(14(20-3)19(2)18-9)8-17-13-6-10(7-16)4-5-12(13)15/h4-6,17H,8H2,1-3H3. The Morgan fingerprint density at radius 3 is 2.90 bits per heavy atom. The minimum atomic E-state index is 0.525. The Kier molecular flexibility index (Phi) is 4.16. The van der Waals surface area contributed by atoms with Gasteiger partial charge >= 0.3 is 0 Å². The minimum Gasteiger partial charge on any atom is -0.481 e. The highest BCUT2D eigenvalue weighted by Gasteiger charge is 2.14. The van der Waals surface area contributed by atoms with Crippen LogP contribution in [-0.2, 0) is 13.6 Å². The number of ether oxygens (including phenoxy) is 1. The van der Waals surface area contributed by atoms with Gasteiger partial charge in [-0.05, 0) is 25.1 Å². The summed E-state index contributed by atoms with van der Waals surface area (Å²) in [4.78, 5) is 0. The summed E-state index contributed by atoms with van der Waals surface area (Å²) >= 11 is 6.11. The molecule has 5 nitrogen and oxygen atoms in total. The van der Waals surface area contributed by atoms with Crippen molar-refractivity contribution in [1.82, 2.24) is 9.78 Å². The van der Waals surface area contributed by atoms with Crippen LogP contribution in [0.25, 0.3) is 0 Å². The molecular weight excluding hydrogens is 276 g/mol. The molecule has 6 heteroatoms. The van der Waals surface area contributed by atoms with Crippen LogP contribution in [0.15, 0.2) is 18.2 Å². The fourth-order valence-corrected chi connectivity index (χ4v) is 2.24. The number of anilines is 1. The average molecular weight is 291 g/mol. The van der Waals surface area contributed by atoms with Crippen molar-refractivity contribution in [2.45, 2.75) is 13.5 Å². The average Bonchev–Trinajstić information content (AvgIpc) is 2.71. The third-order valence-corrected chi connectivity index (χ3v) is 3.36. The Morgan fingerprint density at radius 1 is 1.50 bits per heavy atom. The van der Waals surface area contributed by atoms with Crippen molar-refractivity contribution in [3.8, 4) is 11.9 Å². The largest absolute Gasteiger partial charge is 0.481 e. The van der Waals surface area contributed by atoms with Crippen LogP contribution in [0.1, 0.15) is 16.8 Å². The maximum absolute atomic E-state index is 8.91. The number of rotatable bonds is 4. The molecule has 104 valence electrons. The first-order valence-corrected chi connectivity index (χ1v) is 6.44. The van der Waals surface area contributed by atoms with Gasteiger partial charge in [0.05, 0.1) is 40.7 Å². The van der Waals surface area contributed by atoms with Crippen LogP contribution < -0.4 is 10.1 Å². The van der Waals surface area contributed by atoms with Gasteiger partial charge in [-0.25, -0.2) is 4.68 Å². The third kappa shape index (κ3) is 2.70. The van der Waals surface area contributed by atoms with Crippen molar-refractivity contribution >= 4 is 17.3 Å². The number of benzene rings is 1. The van der Waals surface area contributed by atoms with Crippen molar-refractivity contribution in [3.63, 3.8) is 0 Å². The van der Waals surface area contributed by atoms with Gasteiger partial charge in [0.2, 0.25) is 5.88 Å². The predicted octanol–water partition coefficient (Wildman–Crippen LogP) is 2.87. The minimum absolute atomic E-state index is 0.525. The number of hydrogen-bond acceptors (Lipinski definition) is 4. The van der Waals surface area contributed by atoms with E-state index in [0.717, 1.165) is 16.9 Å². The van der Waals surface area contributed by atoms with Crippen molar-refractivity contribution < 1.29 is 4.74 Å².